The topological polar surface area (TPSA) is 54.9 Å². The summed E-state index contributed by atoms with van der Waals surface area (Å²) in [6.45, 7) is -0.515. The van der Waals surface area contributed by atoms with Crippen molar-refractivity contribution in [3.05, 3.63) is 53.1 Å². The molecular formula is C17H17F4N3O2. The van der Waals surface area contributed by atoms with Crippen molar-refractivity contribution in [1.29, 1.82) is 0 Å². The highest BCUT2D eigenvalue weighted by Gasteiger charge is 2.19. The van der Waals surface area contributed by atoms with E-state index in [4.69, 9.17) is 9.47 Å². The molecule has 0 fully saturated rings. The molecule has 0 amide bonds. The van der Waals surface area contributed by atoms with E-state index < -0.39 is 35.4 Å². The van der Waals surface area contributed by atoms with Crippen molar-refractivity contribution < 1.29 is 27.0 Å². The maximum absolute atomic E-state index is 13.7. The zero-order valence-electron chi connectivity index (χ0n) is 14.3. The summed E-state index contributed by atoms with van der Waals surface area (Å²) >= 11 is 0. The minimum absolute atomic E-state index is 0.126. The minimum atomic E-state index is -1.47. The first-order valence-electron chi connectivity index (χ1n) is 7.42. The maximum Gasteiger partial charge on any atom is 0.195 e. The Morgan fingerprint density at radius 1 is 0.962 bits per heavy atom. The second-order valence-electron chi connectivity index (χ2n) is 5.07. The molecule has 2 aromatic rings. The van der Waals surface area contributed by atoms with Gasteiger partial charge < -0.3 is 20.1 Å². The van der Waals surface area contributed by atoms with E-state index in [0.717, 1.165) is 0 Å². The SMILES string of the molecule is CN=C(NCc1c(F)c(F)cc(F)c1F)Nc1ccc(OC)c(OC)c1. The van der Waals surface area contributed by atoms with E-state index >= 15 is 0 Å². The zero-order chi connectivity index (χ0) is 19.3. The molecule has 0 unspecified atom stereocenters. The van der Waals surface area contributed by atoms with Gasteiger partial charge >= 0.3 is 0 Å². The van der Waals surface area contributed by atoms with Crippen LogP contribution in [0.3, 0.4) is 0 Å². The lowest BCUT2D eigenvalue weighted by Gasteiger charge is -2.15. The molecule has 0 aliphatic carbocycles. The van der Waals surface area contributed by atoms with Gasteiger partial charge in [0.15, 0.2) is 40.7 Å². The standard InChI is InChI=1S/C17H17F4N3O2/c1-22-17(24-9-4-5-13(25-2)14(6-9)26-3)23-8-10-15(20)11(18)7-12(19)16(10)21/h4-7H,8H2,1-3H3,(H2,22,23,24). The lowest BCUT2D eigenvalue weighted by Crippen LogP contribution is -2.31. The second-order valence-corrected chi connectivity index (χ2v) is 5.07. The summed E-state index contributed by atoms with van der Waals surface area (Å²) in [5.74, 6) is -4.76. The Morgan fingerprint density at radius 3 is 2.12 bits per heavy atom. The van der Waals surface area contributed by atoms with Crippen LogP contribution in [-0.2, 0) is 6.54 Å². The first kappa shape index (κ1) is 19.4. The summed E-state index contributed by atoms with van der Waals surface area (Å²) in [5.41, 5.74) is -0.222. The number of guanidine groups is 1. The molecule has 0 bridgehead atoms. The normalized spacial score (nSPS) is 11.3. The molecule has 0 atom stereocenters. The van der Waals surface area contributed by atoms with Crippen LogP contribution in [0.5, 0.6) is 11.5 Å². The first-order valence-corrected chi connectivity index (χ1v) is 7.42. The van der Waals surface area contributed by atoms with Crippen LogP contribution >= 0.6 is 0 Å². The van der Waals surface area contributed by atoms with E-state index in [9.17, 15) is 17.6 Å². The van der Waals surface area contributed by atoms with Gasteiger partial charge in [-0.15, -0.1) is 0 Å². The fourth-order valence-electron chi connectivity index (χ4n) is 2.18. The molecule has 0 aliphatic rings. The lowest BCUT2D eigenvalue weighted by molar-refractivity contribution is 0.355. The summed E-state index contributed by atoms with van der Waals surface area (Å²) in [5, 5.41) is 5.45. The Morgan fingerprint density at radius 2 is 1.58 bits per heavy atom. The third-order valence-corrected chi connectivity index (χ3v) is 3.51. The summed E-state index contributed by atoms with van der Waals surface area (Å²) < 4.78 is 64.2. The third kappa shape index (κ3) is 4.16. The van der Waals surface area contributed by atoms with Crippen LogP contribution in [0.15, 0.2) is 29.3 Å². The molecule has 0 saturated carbocycles. The van der Waals surface area contributed by atoms with Crippen molar-refractivity contribution in [2.45, 2.75) is 6.54 Å². The average molecular weight is 371 g/mol. The minimum Gasteiger partial charge on any atom is -0.493 e. The van der Waals surface area contributed by atoms with Crippen molar-refractivity contribution in [3.8, 4) is 11.5 Å². The van der Waals surface area contributed by atoms with E-state index in [1.807, 2.05) is 0 Å². The quantitative estimate of drug-likeness (QED) is 0.366. The molecule has 9 heteroatoms. The number of hydrogen-bond donors (Lipinski definition) is 2. The Bertz CT molecular complexity index is 802. The molecule has 0 aliphatic heterocycles. The summed E-state index contributed by atoms with van der Waals surface area (Å²) in [7, 11) is 4.39. The van der Waals surface area contributed by atoms with Crippen molar-refractivity contribution in [1.82, 2.24) is 5.32 Å². The van der Waals surface area contributed by atoms with Gasteiger partial charge in [-0.2, -0.15) is 0 Å². The lowest BCUT2D eigenvalue weighted by atomic mass is 10.2. The Kier molecular flexibility index (Phi) is 6.26. The van der Waals surface area contributed by atoms with Gasteiger partial charge in [0.2, 0.25) is 0 Å². The van der Waals surface area contributed by atoms with E-state index in [2.05, 4.69) is 15.6 Å². The molecule has 0 heterocycles. The molecule has 2 aromatic carbocycles. The molecule has 140 valence electrons. The monoisotopic (exact) mass is 371 g/mol. The summed E-state index contributed by atoms with van der Waals surface area (Å²) in [6, 6.07) is 5.09. The number of halogens is 4. The van der Waals surface area contributed by atoms with Crippen LogP contribution in [0.4, 0.5) is 23.2 Å². The number of nitrogens with zero attached hydrogens (tertiary/aromatic N) is 1. The number of methoxy groups -OCH3 is 2. The fraction of sp³-hybridized carbons (Fsp3) is 0.235. The molecule has 0 saturated heterocycles. The zero-order valence-corrected chi connectivity index (χ0v) is 14.3. The number of benzene rings is 2. The number of aliphatic imine (C=N–C) groups is 1. The van der Waals surface area contributed by atoms with Gasteiger partial charge in [-0.05, 0) is 12.1 Å². The fourth-order valence-corrected chi connectivity index (χ4v) is 2.18. The van der Waals surface area contributed by atoms with Gasteiger partial charge in [0.1, 0.15) is 0 Å². The van der Waals surface area contributed by atoms with Crippen LogP contribution in [0.1, 0.15) is 5.56 Å². The molecule has 2 N–H and O–H groups in total. The van der Waals surface area contributed by atoms with E-state index in [-0.39, 0.29) is 12.0 Å². The highest BCUT2D eigenvalue weighted by Crippen LogP contribution is 2.29. The smallest absolute Gasteiger partial charge is 0.195 e. The predicted molar refractivity (Wildman–Crippen MR) is 89.6 cm³/mol. The largest absolute Gasteiger partial charge is 0.493 e. The number of rotatable bonds is 5. The Balaban J connectivity index is 2.15. The Labute approximate surface area is 147 Å². The summed E-state index contributed by atoms with van der Waals surface area (Å²) in [6.07, 6.45) is 0. The molecular weight excluding hydrogens is 354 g/mol. The average Bonchev–Trinajstić information content (AvgIpc) is 2.65. The van der Waals surface area contributed by atoms with Gasteiger partial charge in [0.25, 0.3) is 0 Å². The highest BCUT2D eigenvalue weighted by atomic mass is 19.2. The molecule has 0 aromatic heterocycles. The van der Waals surface area contributed by atoms with Crippen molar-refractivity contribution in [2.24, 2.45) is 4.99 Å². The van der Waals surface area contributed by atoms with E-state index in [1.165, 1.54) is 21.3 Å². The van der Waals surface area contributed by atoms with Crippen molar-refractivity contribution in [3.63, 3.8) is 0 Å². The molecule has 2 rings (SSSR count). The van der Waals surface area contributed by atoms with Crippen molar-refractivity contribution in [2.75, 3.05) is 26.6 Å². The maximum atomic E-state index is 13.7. The van der Waals surface area contributed by atoms with Gasteiger partial charge in [-0.1, -0.05) is 0 Å². The Hall–Kier alpha value is -2.97. The number of hydrogen-bond acceptors (Lipinski definition) is 3. The first-order chi connectivity index (χ1) is 12.4. The van der Waals surface area contributed by atoms with Gasteiger partial charge in [-0.25, -0.2) is 17.6 Å². The van der Waals surface area contributed by atoms with Gasteiger partial charge in [-0.3, -0.25) is 4.99 Å². The van der Waals surface area contributed by atoms with Crippen molar-refractivity contribution >= 4 is 11.6 Å². The van der Waals surface area contributed by atoms with Crippen LogP contribution in [-0.4, -0.2) is 27.2 Å². The number of ether oxygens (including phenoxy) is 2. The molecule has 5 nitrogen and oxygen atoms in total. The number of anilines is 1. The van der Waals surface area contributed by atoms with Crippen LogP contribution in [0.2, 0.25) is 0 Å². The van der Waals surface area contributed by atoms with Crippen LogP contribution in [0.25, 0.3) is 0 Å². The third-order valence-electron chi connectivity index (χ3n) is 3.51. The molecule has 0 spiro atoms. The molecule has 26 heavy (non-hydrogen) atoms. The second kappa shape index (κ2) is 8.41. The van der Waals surface area contributed by atoms with Gasteiger partial charge in [0, 0.05) is 37.0 Å². The van der Waals surface area contributed by atoms with E-state index in [1.54, 1.807) is 18.2 Å². The number of nitrogens with one attached hydrogen (secondary N) is 2. The molecule has 0 radical (unpaired) electrons. The van der Waals surface area contributed by atoms with Crippen LogP contribution in [0, 0.1) is 23.3 Å². The predicted octanol–water partition coefficient (Wildman–Crippen LogP) is 3.45. The van der Waals surface area contributed by atoms with Gasteiger partial charge in [0.05, 0.1) is 14.2 Å². The summed E-state index contributed by atoms with van der Waals surface area (Å²) in [4.78, 5) is 3.89. The van der Waals surface area contributed by atoms with Crippen LogP contribution < -0.4 is 20.1 Å². The van der Waals surface area contributed by atoms with E-state index in [0.29, 0.717) is 17.2 Å². The highest BCUT2D eigenvalue weighted by molar-refractivity contribution is 5.93.